The predicted molar refractivity (Wildman–Crippen MR) is 129 cm³/mol. The van der Waals surface area contributed by atoms with E-state index in [2.05, 4.69) is 56.8 Å². The molecule has 1 aromatic rings. The maximum Gasteiger partial charge on any atom is 0.191 e. The van der Waals surface area contributed by atoms with E-state index in [9.17, 15) is 0 Å². The standard InChI is InChI=1S/C20H35N5S.HI/c1-16-13-17(2)15-24(14-16)11-8-22-20(21-3)23-18-6-9-25(10-7-18)19-5-4-12-26-19;/h4-5,12,16-18H,6-11,13-15H2,1-3H3,(H2,21,22,23);1H. The summed E-state index contributed by atoms with van der Waals surface area (Å²) in [7, 11) is 1.88. The second kappa shape index (κ2) is 11.5. The Morgan fingerprint density at radius 1 is 1.22 bits per heavy atom. The number of thiophene rings is 1. The normalized spacial score (nSPS) is 25.1. The molecule has 3 heterocycles. The lowest BCUT2D eigenvalue weighted by Gasteiger charge is -2.35. The maximum atomic E-state index is 4.43. The first-order valence-electron chi connectivity index (χ1n) is 10.1. The second-order valence-electron chi connectivity index (χ2n) is 8.06. The highest BCUT2D eigenvalue weighted by molar-refractivity contribution is 14.0. The van der Waals surface area contributed by atoms with Crippen molar-refractivity contribution in [2.24, 2.45) is 16.8 Å². The van der Waals surface area contributed by atoms with Gasteiger partial charge in [-0.3, -0.25) is 4.99 Å². The Morgan fingerprint density at radius 3 is 2.52 bits per heavy atom. The molecule has 0 aliphatic carbocycles. The monoisotopic (exact) mass is 505 g/mol. The molecule has 7 heteroatoms. The highest BCUT2D eigenvalue weighted by Crippen LogP contribution is 2.24. The van der Waals surface area contributed by atoms with Gasteiger partial charge in [0.1, 0.15) is 0 Å². The zero-order valence-corrected chi connectivity index (χ0v) is 20.1. The average molecular weight is 506 g/mol. The third kappa shape index (κ3) is 7.09. The number of rotatable bonds is 5. The van der Waals surface area contributed by atoms with Crippen LogP contribution in [0.15, 0.2) is 22.5 Å². The fraction of sp³-hybridized carbons (Fsp3) is 0.750. The zero-order chi connectivity index (χ0) is 18.4. The van der Waals surface area contributed by atoms with Gasteiger partial charge in [-0.2, -0.15) is 0 Å². The third-order valence-corrected chi connectivity index (χ3v) is 6.47. The lowest BCUT2D eigenvalue weighted by atomic mass is 9.92. The van der Waals surface area contributed by atoms with Gasteiger partial charge in [0.2, 0.25) is 0 Å². The molecule has 154 valence electrons. The van der Waals surface area contributed by atoms with Crippen LogP contribution in [0.1, 0.15) is 33.1 Å². The molecular formula is C20H36IN5S. The Bertz CT molecular complexity index is 547. The summed E-state index contributed by atoms with van der Waals surface area (Å²) in [6, 6.07) is 4.88. The molecule has 2 unspecified atom stereocenters. The summed E-state index contributed by atoms with van der Waals surface area (Å²) in [5, 5.41) is 10.7. The fourth-order valence-electron chi connectivity index (χ4n) is 4.39. The number of aliphatic imine (C=N–C) groups is 1. The van der Waals surface area contributed by atoms with E-state index in [1.54, 1.807) is 0 Å². The van der Waals surface area contributed by atoms with Gasteiger partial charge >= 0.3 is 0 Å². The van der Waals surface area contributed by atoms with E-state index >= 15 is 0 Å². The minimum absolute atomic E-state index is 0. The van der Waals surface area contributed by atoms with Crippen LogP contribution in [0.2, 0.25) is 0 Å². The molecule has 3 rings (SSSR count). The Kier molecular flexibility index (Phi) is 9.65. The molecule has 2 atom stereocenters. The Morgan fingerprint density at radius 2 is 1.93 bits per heavy atom. The van der Waals surface area contributed by atoms with E-state index < -0.39 is 0 Å². The van der Waals surface area contributed by atoms with Gasteiger partial charge < -0.3 is 20.4 Å². The third-order valence-electron chi connectivity index (χ3n) is 5.54. The van der Waals surface area contributed by atoms with E-state index in [1.165, 1.54) is 37.4 Å². The number of hydrogen-bond acceptors (Lipinski definition) is 4. The van der Waals surface area contributed by atoms with Crippen LogP contribution in [0.3, 0.4) is 0 Å². The van der Waals surface area contributed by atoms with Gasteiger partial charge in [-0.1, -0.05) is 13.8 Å². The van der Waals surface area contributed by atoms with Crippen LogP contribution in [-0.2, 0) is 0 Å². The minimum Gasteiger partial charge on any atom is -0.363 e. The van der Waals surface area contributed by atoms with E-state index in [-0.39, 0.29) is 24.0 Å². The van der Waals surface area contributed by atoms with E-state index in [1.807, 2.05) is 18.4 Å². The van der Waals surface area contributed by atoms with Crippen molar-refractivity contribution in [3.05, 3.63) is 17.5 Å². The van der Waals surface area contributed by atoms with Crippen molar-refractivity contribution in [2.75, 3.05) is 51.2 Å². The summed E-state index contributed by atoms with van der Waals surface area (Å²) in [6.07, 6.45) is 3.71. The first kappa shape index (κ1) is 22.7. The molecule has 0 bridgehead atoms. The molecular weight excluding hydrogens is 469 g/mol. The molecule has 2 fully saturated rings. The number of halogens is 1. The number of nitrogens with zero attached hydrogens (tertiary/aromatic N) is 3. The lowest BCUT2D eigenvalue weighted by molar-refractivity contribution is 0.143. The molecule has 0 aromatic carbocycles. The molecule has 0 spiro atoms. The topological polar surface area (TPSA) is 42.9 Å². The van der Waals surface area contributed by atoms with Crippen LogP contribution in [0.5, 0.6) is 0 Å². The molecule has 2 aliphatic heterocycles. The summed E-state index contributed by atoms with van der Waals surface area (Å²) in [6.45, 7) is 11.5. The Labute approximate surface area is 186 Å². The van der Waals surface area contributed by atoms with Crippen LogP contribution in [0.25, 0.3) is 0 Å². The molecule has 1 aromatic heterocycles. The second-order valence-corrected chi connectivity index (χ2v) is 8.99. The van der Waals surface area contributed by atoms with Crippen LogP contribution in [0, 0.1) is 11.8 Å². The Balaban J connectivity index is 0.00000261. The smallest absolute Gasteiger partial charge is 0.191 e. The van der Waals surface area contributed by atoms with Crippen molar-refractivity contribution in [3.8, 4) is 0 Å². The average Bonchev–Trinajstić information content (AvgIpc) is 3.15. The number of likely N-dealkylation sites (tertiary alicyclic amines) is 1. The summed E-state index contributed by atoms with van der Waals surface area (Å²) >= 11 is 1.84. The molecule has 2 N–H and O–H groups in total. The van der Waals surface area contributed by atoms with Gasteiger partial charge in [0.25, 0.3) is 0 Å². The van der Waals surface area contributed by atoms with Crippen molar-refractivity contribution in [2.45, 2.75) is 39.2 Å². The summed E-state index contributed by atoms with van der Waals surface area (Å²) in [4.78, 5) is 9.52. The quantitative estimate of drug-likeness (QED) is 0.366. The molecule has 0 amide bonds. The van der Waals surface area contributed by atoms with E-state index in [0.29, 0.717) is 6.04 Å². The number of hydrogen-bond donors (Lipinski definition) is 2. The van der Waals surface area contributed by atoms with Crippen molar-refractivity contribution in [1.82, 2.24) is 15.5 Å². The number of anilines is 1. The predicted octanol–water partition coefficient (Wildman–Crippen LogP) is 3.48. The first-order valence-corrected chi connectivity index (χ1v) is 11.0. The first-order chi connectivity index (χ1) is 12.6. The van der Waals surface area contributed by atoms with Gasteiger partial charge in [0.05, 0.1) is 5.00 Å². The number of nitrogens with one attached hydrogen (secondary N) is 2. The maximum absolute atomic E-state index is 4.43. The van der Waals surface area contributed by atoms with Crippen molar-refractivity contribution in [3.63, 3.8) is 0 Å². The summed E-state index contributed by atoms with van der Waals surface area (Å²) in [5.74, 6) is 2.60. The SMILES string of the molecule is CN=C(NCCN1CC(C)CC(C)C1)NC1CCN(c2cccs2)CC1.I. The van der Waals surface area contributed by atoms with Crippen LogP contribution in [0.4, 0.5) is 5.00 Å². The highest BCUT2D eigenvalue weighted by Gasteiger charge is 2.22. The minimum atomic E-state index is 0. The van der Waals surface area contributed by atoms with Crippen LogP contribution < -0.4 is 15.5 Å². The lowest BCUT2D eigenvalue weighted by Crippen LogP contribution is -2.50. The van der Waals surface area contributed by atoms with Gasteiger partial charge in [-0.25, -0.2) is 0 Å². The molecule has 0 saturated carbocycles. The molecule has 0 radical (unpaired) electrons. The fourth-order valence-corrected chi connectivity index (χ4v) is 5.17. The highest BCUT2D eigenvalue weighted by atomic mass is 127. The molecule has 2 saturated heterocycles. The van der Waals surface area contributed by atoms with E-state index in [0.717, 1.165) is 44.0 Å². The number of guanidine groups is 1. The number of piperidine rings is 2. The van der Waals surface area contributed by atoms with Gasteiger partial charge in [-0.15, -0.1) is 35.3 Å². The van der Waals surface area contributed by atoms with Gasteiger partial charge in [0, 0.05) is 52.4 Å². The molecule has 27 heavy (non-hydrogen) atoms. The van der Waals surface area contributed by atoms with Crippen molar-refractivity contribution in [1.29, 1.82) is 0 Å². The van der Waals surface area contributed by atoms with Crippen molar-refractivity contribution < 1.29 is 0 Å². The van der Waals surface area contributed by atoms with E-state index in [4.69, 9.17) is 0 Å². The summed E-state index contributed by atoms with van der Waals surface area (Å²) < 4.78 is 0. The van der Waals surface area contributed by atoms with Gasteiger partial charge in [0.15, 0.2) is 5.96 Å². The molecule has 2 aliphatic rings. The Hall–Kier alpha value is -0.540. The van der Waals surface area contributed by atoms with Crippen LogP contribution in [-0.4, -0.2) is 63.2 Å². The van der Waals surface area contributed by atoms with Crippen LogP contribution >= 0.6 is 35.3 Å². The largest absolute Gasteiger partial charge is 0.363 e. The zero-order valence-electron chi connectivity index (χ0n) is 17.0. The summed E-state index contributed by atoms with van der Waals surface area (Å²) in [5.41, 5.74) is 0. The van der Waals surface area contributed by atoms with Crippen molar-refractivity contribution >= 4 is 46.3 Å². The molecule has 5 nitrogen and oxygen atoms in total. The van der Waals surface area contributed by atoms with Gasteiger partial charge in [-0.05, 0) is 48.6 Å².